The highest BCUT2D eigenvalue weighted by Gasteiger charge is 2.49. The zero-order valence-electron chi connectivity index (χ0n) is 5.40. The van der Waals surface area contributed by atoms with Gasteiger partial charge >= 0.3 is 10.8 Å². The molecule has 0 heterocycles. The molecule has 0 spiro atoms. The largest absolute Gasteiger partial charge is 0.478 e. The van der Waals surface area contributed by atoms with Gasteiger partial charge in [0.15, 0.2) is 0 Å². The van der Waals surface area contributed by atoms with Gasteiger partial charge in [-0.3, -0.25) is 0 Å². The van der Waals surface area contributed by atoms with Crippen molar-refractivity contribution in [3.8, 4) is 0 Å². The average Bonchev–Trinajstić information content (AvgIpc) is 1.81. The normalized spacial score (nSPS) is 17.8. The van der Waals surface area contributed by atoms with Crippen molar-refractivity contribution in [1.82, 2.24) is 0 Å². The smallest absolute Gasteiger partial charge is 0.352 e. The number of carboxylic acids is 1. The van der Waals surface area contributed by atoms with Crippen molar-refractivity contribution in [1.29, 1.82) is 0 Å². The van der Waals surface area contributed by atoms with Crippen LogP contribution in [0.4, 0.5) is 13.2 Å². The lowest BCUT2D eigenvalue weighted by Crippen LogP contribution is -2.31. The lowest BCUT2D eigenvalue weighted by molar-refractivity contribution is -0.131. The molecule has 70 valence electrons. The van der Waals surface area contributed by atoms with Crippen LogP contribution in [0, 0.1) is 0 Å². The topological polar surface area (TPSA) is 37.3 Å². The maximum Gasteiger partial charge on any atom is 0.352 e. The highest BCUT2D eigenvalue weighted by atomic mass is 79.9. The highest BCUT2D eigenvalue weighted by molar-refractivity contribution is 9.10. The second kappa shape index (κ2) is 3.66. The minimum atomic E-state index is -4.01. The van der Waals surface area contributed by atoms with Crippen molar-refractivity contribution in [3.05, 3.63) is 12.2 Å². The number of hydrogen-bond donors (Lipinski definition) is 1. The molecule has 7 heteroatoms. The molecule has 1 N–H and O–H groups in total. The number of halogens is 5. The Labute approximate surface area is 79.1 Å². The second-order valence-electron chi connectivity index (χ2n) is 1.79. The maximum absolute atomic E-state index is 12.6. The predicted molar refractivity (Wildman–Crippen MR) is 40.3 cm³/mol. The van der Waals surface area contributed by atoms with Gasteiger partial charge in [-0.25, -0.2) is 9.18 Å². The number of carbonyl (C=O) groups is 1. The van der Waals surface area contributed by atoms with Gasteiger partial charge in [0.25, 0.3) is 5.13 Å². The molecule has 0 rings (SSSR count). The van der Waals surface area contributed by atoms with Crippen LogP contribution in [0.2, 0.25) is 0 Å². The van der Waals surface area contributed by atoms with E-state index in [0.717, 1.165) is 0 Å². The van der Waals surface area contributed by atoms with E-state index in [2.05, 4.69) is 11.6 Å². The van der Waals surface area contributed by atoms with E-state index in [0.29, 0.717) is 0 Å². The summed E-state index contributed by atoms with van der Waals surface area (Å²) in [4.78, 5) is 5.79. The zero-order valence-corrected chi connectivity index (χ0v) is 7.74. The van der Waals surface area contributed by atoms with Crippen LogP contribution < -0.4 is 0 Å². The van der Waals surface area contributed by atoms with Gasteiger partial charge in [-0.1, -0.05) is 11.6 Å². The SMILES string of the molecule is O=C(O)/C=C/[C@@](F)(Cl)C(F)(F)Br. The monoisotopic (exact) mass is 266 g/mol. The molecule has 12 heavy (non-hydrogen) atoms. The molecule has 0 bridgehead atoms. The molecular formula is C5H3BrClF3O2. The molecule has 0 aromatic heterocycles. The van der Waals surface area contributed by atoms with Gasteiger partial charge in [-0.15, -0.1) is 0 Å². The molecule has 0 unspecified atom stereocenters. The van der Waals surface area contributed by atoms with Crippen molar-refractivity contribution >= 4 is 33.5 Å². The van der Waals surface area contributed by atoms with Crippen LogP contribution in [-0.2, 0) is 4.79 Å². The van der Waals surface area contributed by atoms with Crippen LogP contribution in [0.15, 0.2) is 12.2 Å². The van der Waals surface area contributed by atoms with E-state index in [1.54, 1.807) is 15.9 Å². The fraction of sp³-hybridized carbons (Fsp3) is 0.400. The molecule has 0 aliphatic rings. The van der Waals surface area contributed by atoms with Crippen molar-refractivity contribution < 1.29 is 23.1 Å². The second-order valence-corrected chi connectivity index (χ2v) is 3.34. The van der Waals surface area contributed by atoms with Crippen LogP contribution in [0.1, 0.15) is 0 Å². The summed E-state index contributed by atoms with van der Waals surface area (Å²) >= 11 is 6.31. The van der Waals surface area contributed by atoms with Crippen LogP contribution in [0.5, 0.6) is 0 Å². The molecule has 0 aromatic rings. The Morgan fingerprint density at radius 2 is 1.92 bits per heavy atom. The Morgan fingerprint density at radius 1 is 1.50 bits per heavy atom. The van der Waals surface area contributed by atoms with Crippen LogP contribution >= 0.6 is 27.5 Å². The first kappa shape index (κ1) is 11.8. The Bertz CT molecular complexity index is 211. The molecule has 0 aliphatic carbocycles. The van der Waals surface area contributed by atoms with Crippen LogP contribution in [0.3, 0.4) is 0 Å². The highest BCUT2D eigenvalue weighted by Crippen LogP contribution is 2.42. The van der Waals surface area contributed by atoms with Gasteiger partial charge in [0.2, 0.25) is 0 Å². The van der Waals surface area contributed by atoms with Gasteiger partial charge < -0.3 is 5.11 Å². The number of alkyl halides is 5. The minimum Gasteiger partial charge on any atom is -0.478 e. The number of rotatable bonds is 3. The Hall–Kier alpha value is -0.230. The van der Waals surface area contributed by atoms with E-state index in [9.17, 15) is 18.0 Å². The molecule has 0 saturated carbocycles. The molecule has 0 saturated heterocycles. The molecule has 1 atom stereocenters. The zero-order chi connectivity index (χ0) is 9.99. The summed E-state index contributed by atoms with van der Waals surface area (Å²) in [5.74, 6) is -1.56. The number of allylic oxidation sites excluding steroid dienone is 1. The lowest BCUT2D eigenvalue weighted by atomic mass is 10.3. The summed E-state index contributed by atoms with van der Waals surface area (Å²) in [6.45, 7) is 0. The van der Waals surface area contributed by atoms with Crippen LogP contribution in [0.25, 0.3) is 0 Å². The lowest BCUT2D eigenvalue weighted by Gasteiger charge is -2.18. The summed E-state index contributed by atoms with van der Waals surface area (Å²) < 4.78 is 36.8. The molecule has 0 fully saturated rings. The Morgan fingerprint density at radius 3 is 2.17 bits per heavy atom. The molecular weight excluding hydrogens is 264 g/mol. The van der Waals surface area contributed by atoms with E-state index < -0.39 is 15.9 Å². The van der Waals surface area contributed by atoms with Gasteiger partial charge in [-0.2, -0.15) is 8.78 Å². The average molecular weight is 267 g/mol. The third kappa shape index (κ3) is 3.44. The fourth-order valence-electron chi connectivity index (χ4n) is 0.270. The van der Waals surface area contributed by atoms with Gasteiger partial charge in [-0.05, 0) is 22.0 Å². The standard InChI is InChI=1S/C5H3BrClF3O2/c6-5(9,10)4(7,8)2-1-3(11)12/h1-2H,(H,11,12)/b2-1+/t4-/m0/s1. The number of hydrogen-bond acceptors (Lipinski definition) is 1. The first-order valence-electron chi connectivity index (χ1n) is 2.53. The van der Waals surface area contributed by atoms with Gasteiger partial charge in [0.1, 0.15) is 0 Å². The molecule has 0 aromatic carbocycles. The van der Waals surface area contributed by atoms with E-state index in [1.807, 2.05) is 0 Å². The minimum absolute atomic E-state index is 0.0473. The van der Waals surface area contributed by atoms with Crippen molar-refractivity contribution in [2.45, 2.75) is 9.96 Å². The summed E-state index contributed by atoms with van der Waals surface area (Å²) in [6.07, 6.45) is 0.244. The number of carboxylic acid groups (broad SMARTS) is 1. The first-order valence-corrected chi connectivity index (χ1v) is 3.70. The van der Waals surface area contributed by atoms with Gasteiger partial charge in [0.05, 0.1) is 0 Å². The molecule has 2 nitrogen and oxygen atoms in total. The van der Waals surface area contributed by atoms with Crippen molar-refractivity contribution in [2.75, 3.05) is 0 Å². The molecule has 0 radical (unpaired) electrons. The van der Waals surface area contributed by atoms with Crippen LogP contribution in [-0.4, -0.2) is 21.0 Å². The van der Waals surface area contributed by atoms with E-state index in [1.165, 1.54) is 0 Å². The molecule has 0 aliphatic heterocycles. The summed E-state index contributed by atoms with van der Waals surface area (Å²) in [7, 11) is 0. The summed E-state index contributed by atoms with van der Waals surface area (Å²) in [5, 5.41) is 4.43. The van der Waals surface area contributed by atoms with Gasteiger partial charge in [0, 0.05) is 6.08 Å². The number of aliphatic carboxylic acids is 1. The third-order valence-corrected chi connectivity index (χ3v) is 1.98. The Balaban J connectivity index is 4.54. The van der Waals surface area contributed by atoms with Crippen molar-refractivity contribution in [2.24, 2.45) is 0 Å². The van der Waals surface area contributed by atoms with Crippen molar-refractivity contribution in [3.63, 3.8) is 0 Å². The Kier molecular flexibility index (Phi) is 3.59. The van der Waals surface area contributed by atoms with E-state index in [4.69, 9.17) is 5.11 Å². The predicted octanol–water partition coefficient (Wildman–Crippen LogP) is 2.52. The van der Waals surface area contributed by atoms with E-state index >= 15 is 0 Å². The fourth-order valence-corrected chi connectivity index (χ4v) is 0.466. The van der Waals surface area contributed by atoms with E-state index in [-0.39, 0.29) is 12.2 Å². The first-order chi connectivity index (χ1) is 5.17. The maximum atomic E-state index is 12.6. The molecule has 0 amide bonds. The summed E-state index contributed by atoms with van der Waals surface area (Å²) in [5.41, 5.74) is 0. The summed E-state index contributed by atoms with van der Waals surface area (Å²) in [6, 6.07) is 0. The third-order valence-electron chi connectivity index (χ3n) is 0.813. The quantitative estimate of drug-likeness (QED) is 0.630.